The molecule has 0 amide bonds. The van der Waals surface area contributed by atoms with E-state index in [0.717, 1.165) is 6.42 Å². The van der Waals surface area contributed by atoms with E-state index >= 15 is 0 Å². The summed E-state index contributed by atoms with van der Waals surface area (Å²) in [6.45, 7) is 5.72. The summed E-state index contributed by atoms with van der Waals surface area (Å²) < 4.78 is 0. The highest BCUT2D eigenvalue weighted by Crippen LogP contribution is 1.76. The topological polar surface area (TPSA) is 0 Å². The minimum Gasteiger partial charge on any atom is -0.240 e. The van der Waals surface area contributed by atoms with Crippen molar-refractivity contribution >= 4 is 33.5 Å². The molecule has 7 heavy (non-hydrogen) atoms. The maximum Gasteiger partial charge on any atom is 0.499 e. The first-order valence-electron chi connectivity index (χ1n) is 2.24. The first kappa shape index (κ1) is 11.0. The largest absolute Gasteiger partial charge is 0.499 e. The molecule has 0 fully saturated rings. The van der Waals surface area contributed by atoms with Crippen LogP contribution in [0, 0.1) is 6.92 Å². The Hall–Kier alpha value is 1.11. The monoisotopic (exact) mass is 155 g/mol. The van der Waals surface area contributed by atoms with Gasteiger partial charge in [0.2, 0.25) is 0 Å². The molecule has 0 heterocycles. The van der Waals surface area contributed by atoms with Gasteiger partial charge in [0.1, 0.15) is 0 Å². The van der Waals surface area contributed by atoms with Crippen molar-refractivity contribution in [3.05, 3.63) is 6.92 Å². The second kappa shape index (κ2) is 15.7. The van der Waals surface area contributed by atoms with Gasteiger partial charge in [-0.1, -0.05) is 26.7 Å². The van der Waals surface area contributed by atoms with E-state index in [1.54, 1.807) is 0 Å². The average molecular weight is 156 g/mol. The highest BCUT2D eigenvalue weighted by Gasteiger charge is 1.59. The van der Waals surface area contributed by atoms with Crippen LogP contribution in [-0.4, -0.2) is 13.4 Å². The Morgan fingerprint density at radius 1 is 1.57 bits per heavy atom. The standard InChI is InChI=1S/C4H9.Al.2ClH.H/c1-3-4-2;;;;/h1,3-4H2,2H3;;2*1H;/q;+2;;;/p-2. The van der Waals surface area contributed by atoms with Crippen molar-refractivity contribution in [3.8, 4) is 0 Å². The molecule has 0 unspecified atom stereocenters. The summed E-state index contributed by atoms with van der Waals surface area (Å²) in [5.74, 6) is 0. The first-order valence-corrected chi connectivity index (χ1v) is 6.52. The molecule has 0 saturated carbocycles. The Bertz CT molecular complexity index is 17.2. The summed E-state index contributed by atoms with van der Waals surface area (Å²) in [6.07, 6.45) is 2.28. The fourth-order valence-electron chi connectivity index (χ4n) is 0. The van der Waals surface area contributed by atoms with E-state index in [4.69, 9.17) is 20.1 Å². The predicted molar refractivity (Wildman–Crippen MR) is 39.1 cm³/mol. The van der Waals surface area contributed by atoms with Crippen LogP contribution >= 0.6 is 20.1 Å². The molecule has 0 rings (SSSR count). The maximum atomic E-state index is 4.90. The molecule has 0 aromatic heterocycles. The second-order valence-corrected chi connectivity index (χ2v) is 3.58. The van der Waals surface area contributed by atoms with Crippen LogP contribution in [0.5, 0.6) is 0 Å². The van der Waals surface area contributed by atoms with Crippen LogP contribution in [0.3, 0.4) is 0 Å². The zero-order valence-electron chi connectivity index (χ0n) is 4.58. The molecule has 0 spiro atoms. The van der Waals surface area contributed by atoms with E-state index in [9.17, 15) is 0 Å². The molecule has 0 aromatic rings. The molecule has 1 radical (unpaired) electrons. The van der Waals surface area contributed by atoms with Crippen LogP contribution in [0.15, 0.2) is 0 Å². The Labute approximate surface area is 60.3 Å². The lowest BCUT2D eigenvalue weighted by molar-refractivity contribution is 0.956. The normalized spacial score (nSPS) is 6.29. The van der Waals surface area contributed by atoms with Gasteiger partial charge in [0.05, 0.1) is 0 Å². The van der Waals surface area contributed by atoms with Crippen LogP contribution in [-0.2, 0) is 0 Å². The van der Waals surface area contributed by atoms with Gasteiger partial charge >= 0.3 is 13.4 Å². The number of unbranched alkanes of at least 4 members (excludes halogenated alkanes) is 1. The van der Waals surface area contributed by atoms with Crippen molar-refractivity contribution in [2.45, 2.75) is 19.8 Å². The minimum absolute atomic E-state index is 0.639. The van der Waals surface area contributed by atoms with E-state index < -0.39 is 13.4 Å². The molecule has 0 aromatic carbocycles. The lowest BCUT2D eigenvalue weighted by atomic mass is 10.4. The van der Waals surface area contributed by atoms with Crippen LogP contribution < -0.4 is 0 Å². The zero-order chi connectivity index (χ0) is 6.12. The third kappa shape index (κ3) is 41.7. The van der Waals surface area contributed by atoms with E-state index in [1.165, 1.54) is 6.42 Å². The van der Waals surface area contributed by atoms with Crippen molar-refractivity contribution in [3.63, 3.8) is 0 Å². The van der Waals surface area contributed by atoms with Crippen LogP contribution in [0.4, 0.5) is 0 Å². The fourth-order valence-corrected chi connectivity index (χ4v) is 0. The number of hydrogen-bond donors (Lipinski definition) is 0. The smallest absolute Gasteiger partial charge is 0.240 e. The molecule has 0 aliphatic carbocycles. The minimum atomic E-state index is -0.639. The summed E-state index contributed by atoms with van der Waals surface area (Å²) in [5.41, 5.74) is 0. The van der Waals surface area contributed by atoms with Gasteiger partial charge in [-0.3, -0.25) is 0 Å². The third-order valence-corrected chi connectivity index (χ3v) is 0.354. The summed E-state index contributed by atoms with van der Waals surface area (Å²) in [6, 6.07) is 0. The Balaban J connectivity index is 0. The number of hydrogen-bond acceptors (Lipinski definition) is 0. The third-order valence-electron chi connectivity index (χ3n) is 0.354. The molecule has 43 valence electrons. The van der Waals surface area contributed by atoms with Gasteiger partial charge in [0.25, 0.3) is 0 Å². The van der Waals surface area contributed by atoms with Crippen molar-refractivity contribution in [1.82, 2.24) is 0 Å². The van der Waals surface area contributed by atoms with Gasteiger partial charge in [0, 0.05) is 0 Å². The lowest BCUT2D eigenvalue weighted by Gasteiger charge is -1.67. The molecule has 0 nitrogen and oxygen atoms in total. The summed E-state index contributed by atoms with van der Waals surface area (Å²) in [4.78, 5) is 0. The molecule has 0 aliphatic rings. The SMILES string of the molecule is [CH2]CCC.[Cl][AlH][Cl]. The molecule has 0 aliphatic heterocycles. The number of rotatable bonds is 1. The van der Waals surface area contributed by atoms with E-state index in [1.807, 2.05) is 0 Å². The van der Waals surface area contributed by atoms with E-state index in [2.05, 4.69) is 13.8 Å². The molecule has 0 N–H and O–H groups in total. The maximum absolute atomic E-state index is 4.90. The highest BCUT2D eigenvalue weighted by atomic mass is 35.7. The summed E-state index contributed by atoms with van der Waals surface area (Å²) in [5, 5.41) is 0. The Morgan fingerprint density at radius 2 is 1.71 bits per heavy atom. The van der Waals surface area contributed by atoms with Gasteiger partial charge in [-0.15, -0.1) is 0 Å². The molecule has 0 bridgehead atoms. The predicted octanol–water partition coefficient (Wildman–Crippen LogP) is 2.35. The molecular formula is C4H10AlCl2. The zero-order valence-corrected chi connectivity index (χ0v) is 7.51. The summed E-state index contributed by atoms with van der Waals surface area (Å²) in [7, 11) is 9.81. The van der Waals surface area contributed by atoms with Crippen molar-refractivity contribution in [2.24, 2.45) is 0 Å². The van der Waals surface area contributed by atoms with Gasteiger partial charge in [-0.25, -0.2) is 20.1 Å². The van der Waals surface area contributed by atoms with Crippen molar-refractivity contribution in [2.75, 3.05) is 0 Å². The molecule has 0 saturated heterocycles. The second-order valence-electron chi connectivity index (χ2n) is 0.955. The molecule has 3 heteroatoms. The van der Waals surface area contributed by atoms with Gasteiger partial charge in [0.15, 0.2) is 0 Å². The van der Waals surface area contributed by atoms with E-state index in [-0.39, 0.29) is 0 Å². The van der Waals surface area contributed by atoms with Crippen LogP contribution in [0.1, 0.15) is 19.8 Å². The lowest BCUT2D eigenvalue weighted by Crippen LogP contribution is -1.48. The van der Waals surface area contributed by atoms with Crippen molar-refractivity contribution in [1.29, 1.82) is 0 Å². The molecular weight excluding hydrogens is 146 g/mol. The fraction of sp³-hybridized carbons (Fsp3) is 0.750. The molecule has 0 atom stereocenters. The van der Waals surface area contributed by atoms with Gasteiger partial charge < -0.3 is 0 Å². The van der Waals surface area contributed by atoms with Gasteiger partial charge in [-0.05, 0) is 0 Å². The Kier molecular flexibility index (Phi) is 24.7. The van der Waals surface area contributed by atoms with E-state index in [0.29, 0.717) is 0 Å². The van der Waals surface area contributed by atoms with Crippen LogP contribution in [0.2, 0.25) is 0 Å². The van der Waals surface area contributed by atoms with Crippen molar-refractivity contribution < 1.29 is 0 Å². The quantitative estimate of drug-likeness (QED) is 0.511. The summed E-state index contributed by atoms with van der Waals surface area (Å²) >= 11 is -0.639. The first-order chi connectivity index (χ1) is 3.33. The van der Waals surface area contributed by atoms with Crippen LogP contribution in [0.25, 0.3) is 0 Å². The highest BCUT2D eigenvalue weighted by molar-refractivity contribution is 7.22. The number of halogens is 2. The average Bonchev–Trinajstić information content (AvgIpc) is 1.69. The van der Waals surface area contributed by atoms with Gasteiger partial charge in [-0.2, -0.15) is 0 Å². The Morgan fingerprint density at radius 3 is 1.71 bits per heavy atom.